The quantitative estimate of drug-likeness (QED) is 0.0234. The third-order valence-corrected chi connectivity index (χ3v) is 18.2. The fourth-order valence-electron chi connectivity index (χ4n) is 6.05. The lowest BCUT2D eigenvalue weighted by Gasteiger charge is -2.22. The van der Waals surface area contributed by atoms with E-state index < -0.39 is 87.1 Å². The fraction of sp³-hybridized carbons (Fsp3) is 0.542. The summed E-state index contributed by atoms with van der Waals surface area (Å²) in [5, 5.41) is 0. The predicted octanol–water partition coefficient (Wildman–Crippen LogP) is 0.0819. The molecule has 2 heterocycles. The molecule has 0 aliphatic heterocycles. The van der Waals surface area contributed by atoms with Gasteiger partial charge in [-0.3, -0.25) is 4.79 Å². The molecule has 0 fully saturated rings. The first-order valence-corrected chi connectivity index (χ1v) is 31.2. The van der Waals surface area contributed by atoms with E-state index in [2.05, 4.69) is 52.1 Å². The molecule has 2 aromatic rings. The van der Waals surface area contributed by atoms with Crippen LogP contribution in [-0.2, 0) is 114 Å². The molecule has 2 rings (SSSR count). The van der Waals surface area contributed by atoms with Gasteiger partial charge < -0.3 is 46.1 Å². The maximum absolute atomic E-state index is 12.9. The molecule has 32 heteroatoms. The first-order chi connectivity index (χ1) is 38.0. The summed E-state index contributed by atoms with van der Waals surface area (Å²) in [6, 6.07) is 1.86. The van der Waals surface area contributed by atoms with Gasteiger partial charge in [0.2, 0.25) is 0 Å². The Morgan fingerprint density at radius 3 is 0.887 bits per heavy atom. The zero-order valence-electron chi connectivity index (χ0n) is 46.1. The molecule has 0 saturated heterocycles. The van der Waals surface area contributed by atoms with E-state index in [1.54, 1.807) is 40.2 Å². The second-order valence-electron chi connectivity index (χ2n) is 16.1. The van der Waals surface area contributed by atoms with E-state index in [-0.39, 0.29) is 85.3 Å². The lowest BCUT2D eigenvalue weighted by Crippen LogP contribution is -2.55. The number of hydrogen-bond acceptors (Lipinski definition) is 24. The Morgan fingerprint density at radius 2 is 0.662 bits per heavy atom. The van der Waals surface area contributed by atoms with Gasteiger partial charge in [0.15, 0.2) is 0 Å². The van der Waals surface area contributed by atoms with Crippen molar-refractivity contribution in [3.05, 3.63) is 126 Å². The maximum atomic E-state index is 12.9. The minimum atomic E-state index is -2.11. The topological polar surface area (TPSA) is 327 Å². The fourth-order valence-corrected chi connectivity index (χ4v) is 10.4. The SMILES string of the molecule is C=CC(=O)OCCn1c(=O)n(CCOC(=O)C=C)c(=O)n(CCOC(=O)C=C)c1=O.C=CC(=O)OCCn1c(=O)n(CCOC(=O)C=C)c(=O)n(CCOC(=O)CCSCCC[Si](C)(OC)OC)c1=O.CO[Si](C)(CCCS)OC. The van der Waals surface area contributed by atoms with E-state index >= 15 is 0 Å². The maximum Gasteiger partial charge on any atom is 0.336 e. The summed E-state index contributed by atoms with van der Waals surface area (Å²) < 4.78 is 54.7. The summed E-state index contributed by atoms with van der Waals surface area (Å²) in [5.74, 6) is -2.03. The number of esters is 6. The van der Waals surface area contributed by atoms with Gasteiger partial charge in [0.1, 0.15) is 39.6 Å². The molecule has 0 radical (unpaired) electrons. The molecule has 448 valence electrons. The summed E-state index contributed by atoms with van der Waals surface area (Å²) in [6.45, 7) is 16.2. The van der Waals surface area contributed by atoms with Crippen molar-refractivity contribution < 1.29 is 74.9 Å². The molecule has 0 aliphatic rings. The van der Waals surface area contributed by atoms with Gasteiger partial charge in [-0.25, -0.2) is 80.1 Å². The number of carbonyl (C=O) groups excluding carboxylic acids is 6. The Balaban J connectivity index is 0.00000137. The van der Waals surface area contributed by atoms with Crippen LogP contribution in [0.5, 0.6) is 0 Å². The van der Waals surface area contributed by atoms with E-state index in [9.17, 15) is 57.5 Å². The molecule has 0 N–H and O–H groups in total. The molecule has 2 aromatic heterocycles. The van der Waals surface area contributed by atoms with Gasteiger partial charge in [0.05, 0.1) is 45.7 Å². The van der Waals surface area contributed by atoms with Crippen molar-refractivity contribution in [2.75, 3.05) is 85.3 Å². The molecule has 0 saturated carbocycles. The van der Waals surface area contributed by atoms with Crippen molar-refractivity contribution in [2.24, 2.45) is 0 Å². The van der Waals surface area contributed by atoms with Crippen LogP contribution in [0.1, 0.15) is 19.3 Å². The highest BCUT2D eigenvalue weighted by Crippen LogP contribution is 2.17. The Kier molecular flexibility index (Phi) is 37.1. The highest BCUT2D eigenvalue weighted by atomic mass is 32.2. The minimum Gasteiger partial charge on any atom is -0.464 e. The molecule has 0 unspecified atom stereocenters. The van der Waals surface area contributed by atoms with E-state index in [0.717, 1.165) is 71.4 Å². The highest BCUT2D eigenvalue weighted by molar-refractivity contribution is 7.99. The second-order valence-corrected chi connectivity index (χ2v) is 24.9. The van der Waals surface area contributed by atoms with Crippen molar-refractivity contribution >= 4 is 77.3 Å². The first kappa shape index (κ1) is 73.3. The molecule has 0 atom stereocenters. The molecule has 0 spiro atoms. The number of rotatable bonds is 37. The number of carbonyl (C=O) groups is 6. The van der Waals surface area contributed by atoms with Gasteiger partial charge in [0.25, 0.3) is 0 Å². The third kappa shape index (κ3) is 27.0. The van der Waals surface area contributed by atoms with Crippen molar-refractivity contribution in [2.45, 2.75) is 83.7 Å². The first-order valence-electron chi connectivity index (χ1n) is 24.4. The standard InChI is InChI=1S/C24H37N3O11SSi.C18H21N3O9.C6H16O2SSi/c1-6-19(28)36-13-10-25-22(31)26(11-14-37-20(29)7-2)24(33)27(23(25)32)12-15-38-21(30)9-17-39-16-8-18-40(5,34-3)35-4;1-4-13(22)28-10-7-19-16(25)20(8-11-29-14(23)5-2)18(27)21(17(19)26)9-12-30-15(24)6-3;1-7-10(3,8-2)6-4-5-9/h6-7H,1-2,8-18H2,3-5H3;4-6H,1-3,7-12H2;9H,4-6H2,1-3H3. The summed E-state index contributed by atoms with van der Waals surface area (Å²) in [4.78, 5) is 145. The highest BCUT2D eigenvalue weighted by Gasteiger charge is 2.28. The van der Waals surface area contributed by atoms with E-state index in [0.29, 0.717) is 28.6 Å². The van der Waals surface area contributed by atoms with Gasteiger partial charge in [0, 0.05) is 64.6 Å². The van der Waals surface area contributed by atoms with Crippen molar-refractivity contribution in [3.63, 3.8) is 0 Å². The van der Waals surface area contributed by atoms with Gasteiger partial charge in [-0.15, -0.1) is 0 Å². The lowest BCUT2D eigenvalue weighted by atomic mass is 10.5. The second kappa shape index (κ2) is 40.5. The van der Waals surface area contributed by atoms with Crippen LogP contribution in [0.3, 0.4) is 0 Å². The van der Waals surface area contributed by atoms with Crippen molar-refractivity contribution in [1.29, 1.82) is 0 Å². The third-order valence-electron chi connectivity index (χ3n) is 10.9. The number of thioether (sulfide) groups is 1. The number of aromatic nitrogens is 6. The molecule has 0 bridgehead atoms. The molecular formula is C48H74N6O22S2Si2. The van der Waals surface area contributed by atoms with Gasteiger partial charge in [-0.05, 0) is 49.5 Å². The van der Waals surface area contributed by atoms with Crippen LogP contribution in [0.15, 0.2) is 92.0 Å². The Hall–Kier alpha value is -6.69. The average molecular weight is 1210 g/mol. The minimum absolute atomic E-state index is 0.135. The van der Waals surface area contributed by atoms with Gasteiger partial charge in [-0.1, -0.05) is 32.9 Å². The van der Waals surface area contributed by atoms with Crippen LogP contribution in [0.2, 0.25) is 25.2 Å². The van der Waals surface area contributed by atoms with Gasteiger partial charge in [-0.2, -0.15) is 24.4 Å². The Bertz CT molecular complexity index is 2550. The summed E-state index contributed by atoms with van der Waals surface area (Å²) in [6.07, 6.45) is 6.65. The Morgan fingerprint density at radius 1 is 0.425 bits per heavy atom. The molecule has 0 amide bonds. The molecule has 80 heavy (non-hydrogen) atoms. The zero-order valence-corrected chi connectivity index (χ0v) is 49.8. The van der Waals surface area contributed by atoms with E-state index in [1.807, 2.05) is 6.55 Å². The van der Waals surface area contributed by atoms with Crippen molar-refractivity contribution in [3.8, 4) is 0 Å². The van der Waals surface area contributed by atoms with Crippen LogP contribution in [-0.4, -0.2) is 166 Å². The Labute approximate surface area is 473 Å². The van der Waals surface area contributed by atoms with Crippen LogP contribution in [0.25, 0.3) is 0 Å². The largest absolute Gasteiger partial charge is 0.464 e. The normalized spacial score (nSPS) is 10.8. The smallest absolute Gasteiger partial charge is 0.336 e. The number of thiol groups is 1. The molecule has 0 aromatic carbocycles. The van der Waals surface area contributed by atoms with Gasteiger partial charge >= 0.3 is 87.1 Å². The number of hydrogen-bond donors (Lipinski definition) is 1. The van der Waals surface area contributed by atoms with Crippen LogP contribution in [0.4, 0.5) is 0 Å². The van der Waals surface area contributed by atoms with E-state index in [1.165, 1.54) is 0 Å². The molecule has 28 nitrogen and oxygen atoms in total. The average Bonchev–Trinajstić information content (AvgIpc) is 3.46. The monoisotopic (exact) mass is 1210 g/mol. The summed E-state index contributed by atoms with van der Waals surface area (Å²) >= 11 is 5.71. The molecular weight excluding hydrogens is 1130 g/mol. The van der Waals surface area contributed by atoms with Crippen LogP contribution < -0.4 is 34.1 Å². The number of ether oxygens (including phenoxy) is 6. The summed E-state index contributed by atoms with van der Waals surface area (Å²) in [7, 11) is 2.83. The summed E-state index contributed by atoms with van der Waals surface area (Å²) in [5.41, 5.74) is -5.91. The molecule has 0 aliphatic carbocycles. The van der Waals surface area contributed by atoms with Crippen LogP contribution >= 0.6 is 24.4 Å². The predicted molar refractivity (Wildman–Crippen MR) is 301 cm³/mol. The van der Waals surface area contributed by atoms with Crippen molar-refractivity contribution in [1.82, 2.24) is 27.4 Å². The number of nitrogens with zero attached hydrogens (tertiary/aromatic N) is 6. The van der Waals surface area contributed by atoms with Crippen LogP contribution in [0, 0.1) is 0 Å². The van der Waals surface area contributed by atoms with E-state index in [4.69, 9.17) is 46.1 Å². The lowest BCUT2D eigenvalue weighted by molar-refractivity contribution is -0.143. The zero-order chi connectivity index (χ0) is 60.8.